The van der Waals surface area contributed by atoms with Crippen LogP contribution in [0.4, 0.5) is 0 Å². The van der Waals surface area contributed by atoms with Gasteiger partial charge in [-0.15, -0.1) is 0 Å². The van der Waals surface area contributed by atoms with E-state index in [0.29, 0.717) is 33.8 Å². The molecule has 160 valence electrons. The molecule has 1 N–H and O–H groups in total. The molecule has 31 heavy (non-hydrogen) atoms. The van der Waals surface area contributed by atoms with Crippen molar-refractivity contribution in [2.24, 2.45) is 17.8 Å². The van der Waals surface area contributed by atoms with Crippen LogP contribution in [0.15, 0.2) is 53.1 Å². The van der Waals surface area contributed by atoms with Gasteiger partial charge in [0.2, 0.25) is 0 Å². The number of hydrogen-bond donors (Lipinski definition) is 1. The highest BCUT2D eigenvalue weighted by Gasteiger charge is 2.42. The first kappa shape index (κ1) is 19.8. The number of nitrogens with zero attached hydrogens (tertiary/aromatic N) is 1. The fourth-order valence-electron chi connectivity index (χ4n) is 5.41. The highest BCUT2D eigenvalue weighted by molar-refractivity contribution is 6.05. The fourth-order valence-corrected chi connectivity index (χ4v) is 5.41. The molecule has 1 amide bonds. The zero-order chi connectivity index (χ0) is 21.4. The van der Waals surface area contributed by atoms with Gasteiger partial charge in [-0.1, -0.05) is 24.6 Å². The Morgan fingerprint density at radius 3 is 2.81 bits per heavy atom. The molecule has 2 bridgehead atoms. The molecule has 0 radical (unpaired) electrons. The van der Waals surface area contributed by atoms with Gasteiger partial charge in [0.25, 0.3) is 5.91 Å². The SMILES string of the molecule is C[C@@H](NC(=O)COC(=O)c1cc(-c2ccco2)nc2ccccc12)[C@H]1C[C@@H]2CC[C@H]1C2. The normalized spacial score (nSPS) is 23.1. The van der Waals surface area contributed by atoms with Crippen LogP contribution in [0.1, 0.15) is 43.0 Å². The number of carbonyl (C=O) groups is 2. The number of fused-ring (bicyclic) bond motifs is 3. The smallest absolute Gasteiger partial charge is 0.339 e. The first-order valence-corrected chi connectivity index (χ1v) is 11.0. The molecule has 0 spiro atoms. The summed E-state index contributed by atoms with van der Waals surface area (Å²) in [5.41, 5.74) is 1.58. The van der Waals surface area contributed by atoms with Crippen LogP contribution in [0, 0.1) is 17.8 Å². The summed E-state index contributed by atoms with van der Waals surface area (Å²) in [4.78, 5) is 29.9. The van der Waals surface area contributed by atoms with Gasteiger partial charge in [0.15, 0.2) is 12.4 Å². The molecule has 4 atom stereocenters. The highest BCUT2D eigenvalue weighted by Crippen LogP contribution is 2.49. The average molecular weight is 418 g/mol. The zero-order valence-electron chi connectivity index (χ0n) is 17.5. The summed E-state index contributed by atoms with van der Waals surface area (Å²) in [6.07, 6.45) is 6.67. The molecule has 0 aliphatic heterocycles. The molecule has 0 unspecified atom stereocenters. The lowest BCUT2D eigenvalue weighted by Gasteiger charge is -2.28. The van der Waals surface area contributed by atoms with Gasteiger partial charge < -0.3 is 14.5 Å². The number of amides is 1. The molecule has 2 aliphatic rings. The van der Waals surface area contributed by atoms with E-state index in [1.54, 1.807) is 24.5 Å². The molecule has 2 fully saturated rings. The summed E-state index contributed by atoms with van der Waals surface area (Å²) < 4.78 is 10.8. The molecule has 2 aromatic heterocycles. The summed E-state index contributed by atoms with van der Waals surface area (Å²) in [7, 11) is 0. The van der Waals surface area contributed by atoms with E-state index in [0.717, 1.165) is 11.8 Å². The van der Waals surface area contributed by atoms with Gasteiger partial charge in [0, 0.05) is 11.4 Å². The van der Waals surface area contributed by atoms with Crippen molar-refractivity contribution >= 4 is 22.8 Å². The summed E-state index contributed by atoms with van der Waals surface area (Å²) >= 11 is 0. The molecule has 2 heterocycles. The van der Waals surface area contributed by atoms with Crippen molar-refractivity contribution in [2.75, 3.05) is 6.61 Å². The number of esters is 1. The Hall–Kier alpha value is -3.15. The lowest BCUT2D eigenvalue weighted by Crippen LogP contribution is -2.42. The molecule has 2 aliphatic carbocycles. The number of furan rings is 1. The van der Waals surface area contributed by atoms with E-state index in [1.807, 2.05) is 24.3 Å². The highest BCUT2D eigenvalue weighted by atomic mass is 16.5. The van der Waals surface area contributed by atoms with Crippen LogP contribution in [0.5, 0.6) is 0 Å². The number of nitrogens with one attached hydrogen (secondary N) is 1. The minimum absolute atomic E-state index is 0.105. The molecule has 6 nitrogen and oxygen atoms in total. The van der Waals surface area contributed by atoms with E-state index < -0.39 is 5.97 Å². The van der Waals surface area contributed by atoms with Gasteiger partial charge >= 0.3 is 5.97 Å². The first-order chi connectivity index (χ1) is 15.1. The fraction of sp³-hybridized carbons (Fsp3) is 0.400. The number of carbonyl (C=O) groups excluding carboxylic acids is 2. The van der Waals surface area contributed by atoms with Gasteiger partial charge in [-0.05, 0) is 68.2 Å². The molecule has 1 aromatic carbocycles. The van der Waals surface area contributed by atoms with Gasteiger partial charge in [0.05, 0.1) is 17.3 Å². The first-order valence-electron chi connectivity index (χ1n) is 11.0. The molecule has 2 saturated carbocycles. The maximum Gasteiger partial charge on any atom is 0.339 e. The van der Waals surface area contributed by atoms with Crippen LogP contribution < -0.4 is 5.32 Å². The third-order valence-corrected chi connectivity index (χ3v) is 6.87. The van der Waals surface area contributed by atoms with Crippen LogP contribution in [-0.4, -0.2) is 29.5 Å². The van der Waals surface area contributed by atoms with Gasteiger partial charge in [-0.3, -0.25) is 4.79 Å². The molecular weight excluding hydrogens is 392 g/mol. The van der Waals surface area contributed by atoms with Crippen molar-refractivity contribution < 1.29 is 18.7 Å². The summed E-state index contributed by atoms with van der Waals surface area (Å²) in [5.74, 6) is 1.86. The Kier molecular flexibility index (Phi) is 5.22. The third kappa shape index (κ3) is 3.94. The maximum atomic E-state index is 12.9. The third-order valence-electron chi connectivity index (χ3n) is 6.87. The lowest BCUT2D eigenvalue weighted by atomic mass is 9.84. The monoisotopic (exact) mass is 418 g/mol. The standard InChI is InChI=1S/C25H26N2O4/c1-15(19-12-16-8-9-17(19)11-16)26-24(28)14-31-25(29)20-13-22(23-7-4-10-30-23)27-21-6-3-2-5-18(20)21/h2-7,10,13,15-17,19H,8-9,11-12,14H2,1H3,(H,26,28)/t15-,16-,17+,19-/m1/s1. The maximum absolute atomic E-state index is 12.9. The van der Waals surface area contributed by atoms with Crippen molar-refractivity contribution in [1.29, 1.82) is 0 Å². The summed E-state index contributed by atoms with van der Waals surface area (Å²) in [6, 6.07) is 12.7. The summed E-state index contributed by atoms with van der Waals surface area (Å²) in [5, 5.41) is 3.72. The van der Waals surface area contributed by atoms with Crippen LogP contribution in [0.25, 0.3) is 22.4 Å². The van der Waals surface area contributed by atoms with Crippen LogP contribution in [0.3, 0.4) is 0 Å². The molecule has 6 heteroatoms. The summed E-state index contributed by atoms with van der Waals surface area (Å²) in [6.45, 7) is 1.77. The number of ether oxygens (including phenoxy) is 1. The zero-order valence-corrected chi connectivity index (χ0v) is 17.5. The van der Waals surface area contributed by atoms with Crippen molar-refractivity contribution in [3.63, 3.8) is 0 Å². The van der Waals surface area contributed by atoms with Crippen molar-refractivity contribution in [3.05, 3.63) is 54.3 Å². The van der Waals surface area contributed by atoms with Crippen molar-refractivity contribution in [1.82, 2.24) is 10.3 Å². The van der Waals surface area contributed by atoms with E-state index in [4.69, 9.17) is 9.15 Å². The van der Waals surface area contributed by atoms with Gasteiger partial charge in [0.1, 0.15) is 5.69 Å². The second-order valence-corrected chi connectivity index (χ2v) is 8.82. The number of benzene rings is 1. The van der Waals surface area contributed by atoms with E-state index in [-0.39, 0.29) is 18.6 Å². The number of hydrogen-bond acceptors (Lipinski definition) is 5. The van der Waals surface area contributed by atoms with Crippen LogP contribution in [0.2, 0.25) is 0 Å². The Balaban J connectivity index is 1.27. The molecule has 3 aromatic rings. The number of rotatable bonds is 6. The van der Waals surface area contributed by atoms with Gasteiger partial charge in [-0.2, -0.15) is 0 Å². The van der Waals surface area contributed by atoms with Crippen LogP contribution in [-0.2, 0) is 9.53 Å². The van der Waals surface area contributed by atoms with E-state index >= 15 is 0 Å². The molecule has 5 rings (SSSR count). The van der Waals surface area contributed by atoms with Crippen LogP contribution >= 0.6 is 0 Å². The average Bonchev–Trinajstić information content (AvgIpc) is 3.55. The Bertz CT molecular complexity index is 1110. The molecular formula is C25H26N2O4. The van der Waals surface area contributed by atoms with E-state index in [1.165, 1.54) is 25.7 Å². The minimum atomic E-state index is -0.547. The predicted molar refractivity (Wildman–Crippen MR) is 116 cm³/mol. The van der Waals surface area contributed by atoms with Gasteiger partial charge in [-0.25, -0.2) is 9.78 Å². The Morgan fingerprint density at radius 2 is 2.06 bits per heavy atom. The lowest BCUT2D eigenvalue weighted by molar-refractivity contribution is -0.125. The second-order valence-electron chi connectivity index (χ2n) is 8.82. The Morgan fingerprint density at radius 1 is 1.19 bits per heavy atom. The minimum Gasteiger partial charge on any atom is -0.463 e. The largest absolute Gasteiger partial charge is 0.463 e. The van der Waals surface area contributed by atoms with E-state index in [2.05, 4.69) is 17.2 Å². The topological polar surface area (TPSA) is 81.4 Å². The number of para-hydroxylation sites is 1. The molecule has 0 saturated heterocycles. The second kappa shape index (κ2) is 8.17. The number of pyridine rings is 1. The van der Waals surface area contributed by atoms with E-state index in [9.17, 15) is 9.59 Å². The number of aromatic nitrogens is 1. The quantitative estimate of drug-likeness (QED) is 0.592. The van der Waals surface area contributed by atoms with Crippen molar-refractivity contribution in [2.45, 2.75) is 38.6 Å². The van der Waals surface area contributed by atoms with Crippen molar-refractivity contribution in [3.8, 4) is 11.5 Å². The Labute approximate surface area is 181 Å². The predicted octanol–water partition coefficient (Wildman–Crippen LogP) is 4.59.